The number of benzene rings is 2. The zero-order valence-electron chi connectivity index (χ0n) is 17.1. The second-order valence-electron chi connectivity index (χ2n) is 6.76. The van der Waals surface area contributed by atoms with Gasteiger partial charge in [0.25, 0.3) is 5.91 Å². The van der Waals surface area contributed by atoms with E-state index in [0.29, 0.717) is 18.7 Å². The van der Waals surface area contributed by atoms with E-state index in [9.17, 15) is 22.0 Å². The van der Waals surface area contributed by atoms with Gasteiger partial charge >= 0.3 is 0 Å². The van der Waals surface area contributed by atoms with E-state index in [1.165, 1.54) is 12.3 Å². The maximum absolute atomic E-state index is 13.3. The van der Waals surface area contributed by atoms with E-state index in [1.807, 2.05) is 0 Å². The monoisotopic (exact) mass is 461 g/mol. The number of carbonyl (C=O) groups is 1. The molecular formula is C21H21F2N5O3S. The number of sulfonamides is 1. The summed E-state index contributed by atoms with van der Waals surface area (Å²) in [6.45, 7) is 1.87. The van der Waals surface area contributed by atoms with Gasteiger partial charge in [0.1, 0.15) is 17.3 Å². The summed E-state index contributed by atoms with van der Waals surface area (Å²) >= 11 is 0. The van der Waals surface area contributed by atoms with Crippen LogP contribution in [-0.2, 0) is 16.4 Å². The molecule has 0 saturated carbocycles. The van der Waals surface area contributed by atoms with Gasteiger partial charge in [-0.25, -0.2) is 27.2 Å². The minimum atomic E-state index is -3.33. The van der Waals surface area contributed by atoms with Gasteiger partial charge in [0.15, 0.2) is 0 Å². The number of nitrogens with zero attached hydrogens (tertiary/aromatic N) is 2. The number of hydrogen-bond donors (Lipinski definition) is 3. The quantitative estimate of drug-likeness (QED) is 0.451. The molecule has 0 aliphatic heterocycles. The molecule has 1 heterocycles. The van der Waals surface area contributed by atoms with Gasteiger partial charge in [-0.15, -0.1) is 0 Å². The van der Waals surface area contributed by atoms with Crippen molar-refractivity contribution >= 4 is 33.3 Å². The van der Waals surface area contributed by atoms with Crippen LogP contribution in [0.5, 0.6) is 0 Å². The first-order chi connectivity index (χ1) is 15.2. The van der Waals surface area contributed by atoms with Crippen LogP contribution in [0, 0.1) is 11.6 Å². The van der Waals surface area contributed by atoms with Crippen LogP contribution in [0.25, 0.3) is 0 Å². The zero-order chi connectivity index (χ0) is 23.1. The predicted octanol–water partition coefficient (Wildman–Crippen LogP) is 3.23. The Morgan fingerprint density at radius 2 is 1.69 bits per heavy atom. The van der Waals surface area contributed by atoms with Crippen molar-refractivity contribution in [2.45, 2.75) is 13.3 Å². The summed E-state index contributed by atoms with van der Waals surface area (Å²) in [6, 6.07) is 11.2. The first-order valence-corrected chi connectivity index (χ1v) is 11.3. The van der Waals surface area contributed by atoms with Crippen LogP contribution in [-0.4, -0.2) is 36.6 Å². The maximum Gasteiger partial charge on any atom is 0.270 e. The minimum absolute atomic E-state index is 0.0137. The summed E-state index contributed by atoms with van der Waals surface area (Å²) in [7, 11) is -3.33. The van der Waals surface area contributed by atoms with Gasteiger partial charge in [-0.2, -0.15) is 0 Å². The second-order valence-corrected chi connectivity index (χ2v) is 8.77. The number of hydrogen-bond acceptors (Lipinski definition) is 6. The highest BCUT2D eigenvalue weighted by molar-refractivity contribution is 7.92. The van der Waals surface area contributed by atoms with E-state index in [1.54, 1.807) is 31.2 Å². The Balaban J connectivity index is 1.54. The smallest absolute Gasteiger partial charge is 0.270 e. The molecule has 0 spiro atoms. The van der Waals surface area contributed by atoms with E-state index < -0.39 is 27.6 Å². The third-order valence-electron chi connectivity index (χ3n) is 4.31. The van der Waals surface area contributed by atoms with Crippen molar-refractivity contribution in [1.82, 2.24) is 15.3 Å². The highest BCUT2D eigenvalue weighted by Crippen LogP contribution is 2.16. The largest absolute Gasteiger partial charge is 0.350 e. The predicted molar refractivity (Wildman–Crippen MR) is 117 cm³/mol. The summed E-state index contributed by atoms with van der Waals surface area (Å²) < 4.78 is 52.3. The highest BCUT2D eigenvalue weighted by atomic mass is 32.2. The Kier molecular flexibility index (Phi) is 7.31. The molecule has 11 heteroatoms. The van der Waals surface area contributed by atoms with Crippen molar-refractivity contribution in [3.63, 3.8) is 0 Å². The molecule has 3 N–H and O–H groups in total. The fraction of sp³-hybridized carbons (Fsp3) is 0.190. The lowest BCUT2D eigenvalue weighted by atomic mass is 10.1. The maximum atomic E-state index is 13.3. The Hall–Kier alpha value is -3.60. The molecule has 168 valence electrons. The first-order valence-electron chi connectivity index (χ1n) is 9.68. The molecule has 1 amide bonds. The first kappa shape index (κ1) is 23.1. The molecule has 0 aliphatic rings. The third-order valence-corrected chi connectivity index (χ3v) is 5.62. The molecule has 2 aromatic carbocycles. The number of aromatic nitrogens is 2. The number of halogens is 2. The van der Waals surface area contributed by atoms with Crippen molar-refractivity contribution < 1.29 is 22.0 Å². The molecule has 3 rings (SSSR count). The number of nitrogens with one attached hydrogen (secondary N) is 3. The standard InChI is InChI=1S/C21H21F2N5O3S/c1-2-32(30,31)28-17-5-3-14(4-6-17)7-9-24-20(29)19-8-10-25-21(27-19)26-18-12-15(22)11-16(23)13-18/h3-6,8,10-13,28H,2,7,9H2,1H3,(H,24,29)(H,25,26,27). The molecular weight excluding hydrogens is 440 g/mol. The molecule has 0 fully saturated rings. The van der Waals surface area contributed by atoms with E-state index in [-0.39, 0.29) is 23.1 Å². The molecule has 0 radical (unpaired) electrons. The van der Waals surface area contributed by atoms with Crippen molar-refractivity contribution in [3.05, 3.63) is 77.6 Å². The fourth-order valence-electron chi connectivity index (χ4n) is 2.70. The van der Waals surface area contributed by atoms with Gasteiger partial charge in [-0.05, 0) is 49.2 Å². The van der Waals surface area contributed by atoms with Crippen LogP contribution in [0.4, 0.5) is 26.1 Å². The summed E-state index contributed by atoms with van der Waals surface area (Å²) in [5, 5.41) is 5.39. The average molecular weight is 461 g/mol. The summed E-state index contributed by atoms with van der Waals surface area (Å²) in [5.74, 6) is -1.93. The van der Waals surface area contributed by atoms with Crippen molar-refractivity contribution in [2.75, 3.05) is 22.3 Å². The third kappa shape index (κ3) is 6.71. The summed E-state index contributed by atoms with van der Waals surface area (Å²) in [4.78, 5) is 20.4. The zero-order valence-corrected chi connectivity index (χ0v) is 17.9. The molecule has 3 aromatic rings. The van der Waals surface area contributed by atoms with Crippen LogP contribution in [0.3, 0.4) is 0 Å². The molecule has 0 saturated heterocycles. The van der Waals surface area contributed by atoms with Crippen molar-refractivity contribution in [1.29, 1.82) is 0 Å². The van der Waals surface area contributed by atoms with E-state index in [2.05, 4.69) is 25.3 Å². The molecule has 0 unspecified atom stereocenters. The van der Waals surface area contributed by atoms with E-state index in [4.69, 9.17) is 0 Å². The Labute approximate surface area is 184 Å². The van der Waals surface area contributed by atoms with Crippen LogP contribution in [0.15, 0.2) is 54.7 Å². The molecule has 1 aromatic heterocycles. The Morgan fingerprint density at radius 3 is 2.34 bits per heavy atom. The second kappa shape index (κ2) is 10.1. The number of rotatable bonds is 9. The van der Waals surface area contributed by atoms with Crippen LogP contribution in [0.2, 0.25) is 0 Å². The number of anilines is 3. The minimum Gasteiger partial charge on any atom is -0.350 e. The molecule has 0 aliphatic carbocycles. The Morgan fingerprint density at radius 1 is 1.00 bits per heavy atom. The van der Waals surface area contributed by atoms with Crippen LogP contribution < -0.4 is 15.4 Å². The highest BCUT2D eigenvalue weighted by Gasteiger charge is 2.10. The lowest BCUT2D eigenvalue weighted by molar-refractivity contribution is 0.0949. The Bertz CT molecular complexity index is 1180. The number of amides is 1. The fourth-order valence-corrected chi connectivity index (χ4v) is 3.34. The molecule has 8 nitrogen and oxygen atoms in total. The average Bonchev–Trinajstić information content (AvgIpc) is 2.74. The van der Waals surface area contributed by atoms with Gasteiger partial charge in [0.2, 0.25) is 16.0 Å². The van der Waals surface area contributed by atoms with Crippen molar-refractivity contribution in [3.8, 4) is 0 Å². The van der Waals surface area contributed by atoms with Gasteiger partial charge in [-0.3, -0.25) is 9.52 Å². The van der Waals surface area contributed by atoms with Crippen molar-refractivity contribution in [2.24, 2.45) is 0 Å². The van der Waals surface area contributed by atoms with Crippen LogP contribution in [0.1, 0.15) is 23.0 Å². The lowest BCUT2D eigenvalue weighted by Crippen LogP contribution is -2.26. The van der Waals surface area contributed by atoms with Gasteiger partial charge in [0.05, 0.1) is 5.75 Å². The molecule has 0 atom stereocenters. The molecule has 0 bridgehead atoms. The SMILES string of the molecule is CCS(=O)(=O)Nc1ccc(CCNC(=O)c2ccnc(Nc3cc(F)cc(F)c3)n2)cc1. The summed E-state index contributed by atoms with van der Waals surface area (Å²) in [5.41, 5.74) is 1.58. The lowest BCUT2D eigenvalue weighted by Gasteiger charge is -2.09. The normalized spacial score (nSPS) is 11.1. The van der Waals surface area contributed by atoms with E-state index in [0.717, 1.165) is 23.8 Å². The van der Waals surface area contributed by atoms with Gasteiger partial charge in [0, 0.05) is 30.2 Å². The topological polar surface area (TPSA) is 113 Å². The van der Waals surface area contributed by atoms with E-state index >= 15 is 0 Å². The van der Waals surface area contributed by atoms with Crippen LogP contribution >= 0.6 is 0 Å². The summed E-state index contributed by atoms with van der Waals surface area (Å²) in [6.07, 6.45) is 1.88. The van der Waals surface area contributed by atoms with Gasteiger partial charge in [-0.1, -0.05) is 12.1 Å². The number of carbonyl (C=O) groups excluding carboxylic acids is 1. The van der Waals surface area contributed by atoms with Gasteiger partial charge < -0.3 is 10.6 Å². The molecule has 32 heavy (non-hydrogen) atoms.